The molecule has 2 saturated heterocycles. The Morgan fingerprint density at radius 3 is 2.66 bits per heavy atom. The van der Waals surface area contributed by atoms with E-state index in [4.69, 9.17) is 14.2 Å². The van der Waals surface area contributed by atoms with Gasteiger partial charge in [-0.3, -0.25) is 10.1 Å². The van der Waals surface area contributed by atoms with E-state index in [2.05, 4.69) is 21.1 Å². The predicted molar refractivity (Wildman–Crippen MR) is 138 cm³/mol. The molecule has 4 aromatic rings. The molecule has 2 fully saturated rings. The molecule has 0 aliphatic carbocycles. The fraction of sp³-hybridized carbons (Fsp3) is 0.393. The Morgan fingerprint density at radius 1 is 1.08 bits per heavy atom. The van der Waals surface area contributed by atoms with E-state index < -0.39 is 17.7 Å². The second-order valence-electron chi connectivity index (χ2n) is 9.99. The van der Waals surface area contributed by atoms with Crippen LogP contribution in [-0.4, -0.2) is 40.5 Å². The second kappa shape index (κ2) is 9.59. The molecule has 0 saturated carbocycles. The van der Waals surface area contributed by atoms with Crippen molar-refractivity contribution in [3.63, 3.8) is 0 Å². The van der Waals surface area contributed by atoms with Crippen molar-refractivity contribution >= 4 is 22.6 Å². The van der Waals surface area contributed by atoms with Gasteiger partial charge in [-0.15, -0.1) is 0 Å². The van der Waals surface area contributed by atoms with Crippen LogP contribution in [0.4, 0.5) is 14.5 Å². The number of aromatic nitrogens is 3. The maximum absolute atomic E-state index is 14.2. The Labute approximate surface area is 218 Å². The number of ether oxygens (including phenoxy) is 1. The largest absolute Gasteiger partial charge is 0.363 e. The predicted octanol–water partition coefficient (Wildman–Crippen LogP) is 5.35. The quantitative estimate of drug-likeness (QED) is 0.381. The van der Waals surface area contributed by atoms with E-state index in [-0.39, 0.29) is 18.2 Å². The highest BCUT2D eigenvalue weighted by molar-refractivity contribution is 5.96. The van der Waals surface area contributed by atoms with Gasteiger partial charge in [0.15, 0.2) is 11.6 Å². The molecule has 10 heteroatoms. The summed E-state index contributed by atoms with van der Waals surface area (Å²) in [6.07, 6.45) is 2.23. The van der Waals surface area contributed by atoms with Crippen LogP contribution in [0.25, 0.3) is 22.2 Å². The first-order valence-electron chi connectivity index (χ1n) is 12.9. The normalized spacial score (nSPS) is 22.1. The van der Waals surface area contributed by atoms with Gasteiger partial charge in [0, 0.05) is 36.2 Å². The van der Waals surface area contributed by atoms with Crippen LogP contribution in [0.3, 0.4) is 0 Å². The number of nitrogens with one attached hydrogen (secondary N) is 1. The van der Waals surface area contributed by atoms with E-state index in [9.17, 15) is 13.6 Å². The van der Waals surface area contributed by atoms with E-state index in [1.54, 1.807) is 4.90 Å². The van der Waals surface area contributed by atoms with Crippen LogP contribution in [0.5, 0.6) is 0 Å². The number of imidazole rings is 1. The summed E-state index contributed by atoms with van der Waals surface area (Å²) in [6.45, 7) is 4.38. The van der Waals surface area contributed by atoms with Gasteiger partial charge < -0.3 is 18.7 Å². The molecule has 2 aliphatic rings. The van der Waals surface area contributed by atoms with Crippen LogP contribution < -0.4 is 10.2 Å². The monoisotopic (exact) mass is 521 g/mol. The van der Waals surface area contributed by atoms with E-state index in [0.29, 0.717) is 25.1 Å². The minimum atomic E-state index is -0.986. The highest BCUT2D eigenvalue weighted by Crippen LogP contribution is 2.41. The Kier molecular flexibility index (Phi) is 6.23. The lowest BCUT2D eigenvalue weighted by atomic mass is 10.0. The lowest BCUT2D eigenvalue weighted by Gasteiger charge is -2.33. The summed E-state index contributed by atoms with van der Waals surface area (Å²) in [5, 5.41) is 7.30. The van der Waals surface area contributed by atoms with Crippen LogP contribution in [0.15, 0.2) is 40.9 Å². The van der Waals surface area contributed by atoms with Gasteiger partial charge >= 0.3 is 0 Å². The first-order valence-corrected chi connectivity index (χ1v) is 12.9. The number of aryl methyl sites for hydroxylation is 2. The first kappa shape index (κ1) is 24.7. The third-order valence-corrected chi connectivity index (χ3v) is 7.67. The molecule has 0 spiro atoms. The molecule has 1 amide bonds. The molecule has 38 heavy (non-hydrogen) atoms. The highest BCUT2D eigenvalue weighted by atomic mass is 19.2. The summed E-state index contributed by atoms with van der Waals surface area (Å²) in [7, 11) is 1.87. The Morgan fingerprint density at radius 2 is 1.92 bits per heavy atom. The van der Waals surface area contributed by atoms with Crippen molar-refractivity contribution in [3.05, 3.63) is 65.3 Å². The van der Waals surface area contributed by atoms with Crippen molar-refractivity contribution < 1.29 is 22.8 Å². The van der Waals surface area contributed by atoms with E-state index >= 15 is 0 Å². The zero-order valence-corrected chi connectivity index (χ0v) is 21.5. The van der Waals surface area contributed by atoms with Gasteiger partial charge in [0.1, 0.15) is 17.8 Å². The van der Waals surface area contributed by atoms with Gasteiger partial charge in [-0.1, -0.05) is 11.2 Å². The minimum absolute atomic E-state index is 0.0774. The summed E-state index contributed by atoms with van der Waals surface area (Å²) >= 11 is 0. The van der Waals surface area contributed by atoms with E-state index in [1.165, 1.54) is 6.07 Å². The third kappa shape index (κ3) is 4.08. The van der Waals surface area contributed by atoms with Crippen molar-refractivity contribution in [2.75, 3.05) is 18.6 Å². The van der Waals surface area contributed by atoms with E-state index in [1.807, 2.05) is 33.0 Å². The standard InChI is InChI=1S/C28H29F2N5O3/c1-15-27(16(2)38-33-15)17-4-7-23-22(12-17)32-28(35(23)19-10-11-37-25(14-19)31-3)24-8-9-26(36)34(24)18-5-6-20(29)21(30)13-18/h4-7,12-13,19,24-25,31H,8-11,14H2,1-3H3/t19?,24-,25?/m0/s1. The molecule has 2 unspecified atom stereocenters. The fourth-order valence-electron chi connectivity index (χ4n) is 5.89. The summed E-state index contributed by atoms with van der Waals surface area (Å²) in [5.41, 5.74) is 4.74. The number of benzene rings is 2. The number of halogens is 2. The summed E-state index contributed by atoms with van der Waals surface area (Å²) in [5.74, 6) is -0.616. The summed E-state index contributed by atoms with van der Waals surface area (Å²) < 4.78 is 41.4. The van der Waals surface area contributed by atoms with Crippen LogP contribution in [0.1, 0.15) is 55.0 Å². The van der Waals surface area contributed by atoms with Gasteiger partial charge in [-0.25, -0.2) is 13.8 Å². The molecule has 2 aromatic heterocycles. The molecular weight excluding hydrogens is 492 g/mol. The zero-order chi connectivity index (χ0) is 26.6. The second-order valence-corrected chi connectivity index (χ2v) is 9.99. The third-order valence-electron chi connectivity index (χ3n) is 7.67. The molecule has 198 valence electrons. The Hall–Kier alpha value is -3.63. The molecule has 3 atom stereocenters. The molecule has 0 radical (unpaired) electrons. The minimum Gasteiger partial charge on any atom is -0.363 e. The SMILES string of the molecule is CNC1CC(n2c([C@@H]3CCC(=O)N3c3ccc(F)c(F)c3)nc3cc(-c4c(C)noc4C)ccc32)CCO1. The number of hydrogen-bond acceptors (Lipinski definition) is 6. The maximum atomic E-state index is 14.2. The lowest BCUT2D eigenvalue weighted by molar-refractivity contribution is -0.117. The average molecular weight is 522 g/mol. The Bertz CT molecular complexity index is 1510. The van der Waals surface area contributed by atoms with Crippen molar-refractivity contribution in [1.82, 2.24) is 20.0 Å². The molecule has 2 aliphatic heterocycles. The maximum Gasteiger partial charge on any atom is 0.227 e. The fourth-order valence-corrected chi connectivity index (χ4v) is 5.89. The van der Waals surface area contributed by atoms with E-state index in [0.717, 1.165) is 64.4 Å². The molecule has 1 N–H and O–H groups in total. The van der Waals surface area contributed by atoms with Crippen molar-refractivity contribution in [3.8, 4) is 11.1 Å². The van der Waals surface area contributed by atoms with Gasteiger partial charge in [0.2, 0.25) is 5.91 Å². The number of carbonyl (C=O) groups excluding carboxylic acids is 1. The molecule has 2 aromatic carbocycles. The first-order chi connectivity index (χ1) is 18.4. The molecule has 6 rings (SSSR count). The molecule has 4 heterocycles. The van der Waals surface area contributed by atoms with Crippen molar-refractivity contribution in [2.24, 2.45) is 0 Å². The summed E-state index contributed by atoms with van der Waals surface area (Å²) in [4.78, 5) is 19.7. The highest BCUT2D eigenvalue weighted by Gasteiger charge is 2.39. The van der Waals surface area contributed by atoms with Crippen LogP contribution in [-0.2, 0) is 9.53 Å². The smallest absolute Gasteiger partial charge is 0.227 e. The number of fused-ring (bicyclic) bond motifs is 1. The number of anilines is 1. The summed E-state index contributed by atoms with van der Waals surface area (Å²) in [6, 6.07) is 9.36. The van der Waals surface area contributed by atoms with Crippen LogP contribution >= 0.6 is 0 Å². The molecular formula is C28H29F2N5O3. The van der Waals surface area contributed by atoms with Crippen molar-refractivity contribution in [2.45, 2.75) is 57.8 Å². The van der Waals surface area contributed by atoms with Crippen LogP contribution in [0, 0.1) is 25.5 Å². The van der Waals surface area contributed by atoms with Gasteiger partial charge in [0.25, 0.3) is 0 Å². The van der Waals surface area contributed by atoms with Gasteiger partial charge in [-0.05, 0) is 63.6 Å². The number of amides is 1. The number of rotatable bonds is 5. The average Bonchev–Trinajstić information content (AvgIpc) is 3.59. The zero-order valence-electron chi connectivity index (χ0n) is 21.5. The van der Waals surface area contributed by atoms with Crippen molar-refractivity contribution in [1.29, 1.82) is 0 Å². The van der Waals surface area contributed by atoms with Gasteiger partial charge in [-0.2, -0.15) is 0 Å². The lowest BCUT2D eigenvalue weighted by Crippen LogP contribution is -2.37. The topological polar surface area (TPSA) is 85.4 Å². The van der Waals surface area contributed by atoms with Gasteiger partial charge in [0.05, 0.1) is 29.4 Å². The molecule has 0 bridgehead atoms. The molecule has 8 nitrogen and oxygen atoms in total. The number of carbonyl (C=O) groups is 1. The Balaban J connectivity index is 1.51. The van der Waals surface area contributed by atoms with Crippen LogP contribution in [0.2, 0.25) is 0 Å². The number of hydrogen-bond donors (Lipinski definition) is 1. The number of nitrogens with zero attached hydrogens (tertiary/aromatic N) is 4.